The van der Waals surface area contributed by atoms with Crippen LogP contribution < -0.4 is 4.74 Å². The number of esters is 1. The highest BCUT2D eigenvalue weighted by Crippen LogP contribution is 2.38. The maximum absolute atomic E-state index is 12.9. The second-order valence-corrected chi connectivity index (χ2v) is 11.9. The number of hydrogen-bond donors (Lipinski definition) is 1. The molecule has 0 heterocycles. The summed E-state index contributed by atoms with van der Waals surface area (Å²) in [6.45, 7) is 3.63. The molecule has 0 aliphatic carbocycles. The lowest BCUT2D eigenvalue weighted by Gasteiger charge is -2.18. The zero-order valence-electron chi connectivity index (χ0n) is 16.4. The summed E-state index contributed by atoms with van der Waals surface area (Å²) in [7, 11) is -4.52. The minimum atomic E-state index is -4.52. The van der Waals surface area contributed by atoms with Crippen LogP contribution in [-0.2, 0) is 10.1 Å². The van der Waals surface area contributed by atoms with Crippen LogP contribution in [0.2, 0.25) is 0 Å². The molecule has 0 aliphatic heterocycles. The fourth-order valence-electron chi connectivity index (χ4n) is 3.10. The summed E-state index contributed by atoms with van der Waals surface area (Å²) in [5.74, 6) is -0.560. The molecular weight excluding hydrogens is 757 g/mol. The van der Waals surface area contributed by atoms with Gasteiger partial charge in [0.05, 0.1) is 5.56 Å². The smallest absolute Gasteiger partial charge is 0.344 e. The molecule has 0 unspecified atom stereocenters. The molecule has 0 spiro atoms. The lowest BCUT2D eigenvalue weighted by Crippen LogP contribution is -2.13. The van der Waals surface area contributed by atoms with Gasteiger partial charge < -0.3 is 4.74 Å². The minimum Gasteiger partial charge on any atom is -0.423 e. The Morgan fingerprint density at radius 3 is 2.23 bits per heavy atom. The fraction of sp³-hybridized carbons (Fsp3) is 0.136. The van der Waals surface area contributed by atoms with Gasteiger partial charge in [-0.25, -0.2) is 4.79 Å². The van der Waals surface area contributed by atoms with Crippen LogP contribution in [0.3, 0.4) is 0 Å². The number of benzene rings is 3. The number of carbonyl (C=O) groups is 1. The molecule has 3 aromatic carbocycles. The van der Waals surface area contributed by atoms with Gasteiger partial charge in [0, 0.05) is 16.3 Å². The second-order valence-electron chi connectivity index (χ2n) is 7.02. The topological polar surface area (TPSA) is 80.7 Å². The third-order valence-corrected chi connectivity index (χ3v) is 9.12. The van der Waals surface area contributed by atoms with E-state index in [9.17, 15) is 17.8 Å². The van der Waals surface area contributed by atoms with Crippen LogP contribution >= 0.6 is 67.8 Å². The van der Waals surface area contributed by atoms with Gasteiger partial charge in [0.2, 0.25) is 0 Å². The van der Waals surface area contributed by atoms with E-state index in [2.05, 4.69) is 67.8 Å². The molecule has 0 saturated heterocycles. The largest absolute Gasteiger partial charge is 0.423 e. The molecule has 3 rings (SSSR count). The number of rotatable bonds is 5. The molecule has 0 saturated carbocycles. The Bertz CT molecular complexity index is 1260. The van der Waals surface area contributed by atoms with E-state index in [1.807, 2.05) is 26.0 Å². The zero-order valence-corrected chi connectivity index (χ0v) is 23.7. The van der Waals surface area contributed by atoms with Crippen molar-refractivity contribution >= 4 is 83.9 Å². The van der Waals surface area contributed by atoms with Crippen LogP contribution in [0.25, 0.3) is 11.1 Å². The van der Waals surface area contributed by atoms with Crippen LogP contribution in [0.1, 0.15) is 35.7 Å². The van der Waals surface area contributed by atoms with Crippen molar-refractivity contribution in [1.29, 1.82) is 0 Å². The SMILES string of the molecule is CC(C)c1cc(OC(=O)c2cc(I)cc(I)c2I)cc(-c2ccccc2)c1S(=O)(=O)O. The molecule has 0 amide bonds. The predicted octanol–water partition coefficient (Wildman–Crippen LogP) is 6.76. The van der Waals surface area contributed by atoms with Crippen molar-refractivity contribution < 1.29 is 22.5 Å². The third kappa shape index (κ3) is 5.78. The van der Waals surface area contributed by atoms with Gasteiger partial charge in [-0.2, -0.15) is 8.42 Å². The Morgan fingerprint density at radius 1 is 1.00 bits per heavy atom. The summed E-state index contributed by atoms with van der Waals surface area (Å²) in [5, 5.41) is 0. The van der Waals surface area contributed by atoms with Gasteiger partial charge in [-0.05, 0) is 109 Å². The monoisotopic (exact) mass is 774 g/mol. The van der Waals surface area contributed by atoms with E-state index < -0.39 is 16.1 Å². The predicted molar refractivity (Wildman–Crippen MR) is 145 cm³/mol. The Morgan fingerprint density at radius 2 is 1.65 bits per heavy atom. The Kier molecular flexibility index (Phi) is 8.03. The first kappa shape index (κ1) is 24.9. The lowest BCUT2D eigenvalue weighted by atomic mass is 9.96. The number of hydrogen-bond acceptors (Lipinski definition) is 4. The average Bonchev–Trinajstić information content (AvgIpc) is 2.69. The molecule has 9 heteroatoms. The first-order valence-electron chi connectivity index (χ1n) is 9.06. The van der Waals surface area contributed by atoms with Crippen LogP contribution in [-0.4, -0.2) is 18.9 Å². The van der Waals surface area contributed by atoms with E-state index in [1.165, 1.54) is 12.1 Å². The van der Waals surface area contributed by atoms with Crippen molar-refractivity contribution in [2.45, 2.75) is 24.7 Å². The van der Waals surface area contributed by atoms with Gasteiger partial charge in [0.15, 0.2) is 0 Å². The van der Waals surface area contributed by atoms with E-state index in [0.29, 0.717) is 16.7 Å². The fourth-order valence-corrected chi connectivity index (χ4v) is 6.52. The number of ether oxygens (including phenoxy) is 1. The van der Waals surface area contributed by atoms with Crippen LogP contribution in [0.15, 0.2) is 59.5 Å². The Hall–Kier alpha value is -0.770. The highest BCUT2D eigenvalue weighted by molar-refractivity contribution is 14.1. The van der Waals surface area contributed by atoms with E-state index in [0.717, 1.165) is 10.7 Å². The quantitative estimate of drug-likeness (QED) is 0.102. The van der Waals surface area contributed by atoms with Gasteiger partial charge in [-0.3, -0.25) is 4.55 Å². The zero-order chi connectivity index (χ0) is 22.9. The van der Waals surface area contributed by atoms with Crippen LogP contribution in [0.5, 0.6) is 5.75 Å². The van der Waals surface area contributed by atoms with Crippen molar-refractivity contribution in [2.24, 2.45) is 0 Å². The van der Waals surface area contributed by atoms with Gasteiger partial charge >= 0.3 is 5.97 Å². The number of carbonyl (C=O) groups excluding carboxylic acids is 1. The average molecular weight is 774 g/mol. The molecule has 3 aromatic rings. The van der Waals surface area contributed by atoms with E-state index in [-0.39, 0.29) is 22.1 Å². The molecule has 0 fully saturated rings. The minimum absolute atomic E-state index is 0.174. The molecule has 162 valence electrons. The maximum atomic E-state index is 12.9. The van der Waals surface area contributed by atoms with Crippen LogP contribution in [0, 0.1) is 10.7 Å². The summed E-state index contributed by atoms with van der Waals surface area (Å²) in [5.41, 5.74) is 1.68. The first-order valence-corrected chi connectivity index (χ1v) is 13.7. The normalized spacial score (nSPS) is 11.6. The highest BCUT2D eigenvalue weighted by Gasteiger charge is 2.26. The van der Waals surface area contributed by atoms with Crippen molar-refractivity contribution in [3.05, 3.63) is 76.4 Å². The molecule has 5 nitrogen and oxygen atoms in total. The molecule has 0 atom stereocenters. The van der Waals surface area contributed by atoms with Crippen molar-refractivity contribution in [1.82, 2.24) is 0 Å². The molecule has 31 heavy (non-hydrogen) atoms. The molecule has 0 bridgehead atoms. The van der Waals surface area contributed by atoms with Gasteiger partial charge in [-0.15, -0.1) is 0 Å². The Labute approximate surface area is 222 Å². The standard InChI is InChI=1S/C22H17I3O5S/c1-12(2)16-10-15(30-22(26)18-8-14(23)9-19(24)20(18)25)11-17(21(16)31(27,28)29)13-6-4-3-5-7-13/h3-12H,1-2H3,(H,27,28,29). The summed E-state index contributed by atoms with van der Waals surface area (Å²) >= 11 is 6.41. The molecule has 1 N–H and O–H groups in total. The van der Waals surface area contributed by atoms with E-state index in [4.69, 9.17) is 4.74 Å². The third-order valence-electron chi connectivity index (χ3n) is 4.48. The molecule has 0 aromatic heterocycles. The second kappa shape index (κ2) is 10.0. The summed E-state index contributed by atoms with van der Waals surface area (Å²) < 4.78 is 42.8. The first-order chi connectivity index (χ1) is 14.5. The van der Waals surface area contributed by atoms with Crippen molar-refractivity contribution in [2.75, 3.05) is 0 Å². The highest BCUT2D eigenvalue weighted by atomic mass is 127. The lowest BCUT2D eigenvalue weighted by molar-refractivity contribution is 0.0733. The van der Waals surface area contributed by atoms with Crippen molar-refractivity contribution in [3.63, 3.8) is 0 Å². The van der Waals surface area contributed by atoms with Gasteiger partial charge in [0.1, 0.15) is 10.6 Å². The van der Waals surface area contributed by atoms with Crippen molar-refractivity contribution in [3.8, 4) is 16.9 Å². The van der Waals surface area contributed by atoms with E-state index >= 15 is 0 Å². The summed E-state index contributed by atoms with van der Waals surface area (Å²) in [6, 6.07) is 15.5. The summed E-state index contributed by atoms with van der Waals surface area (Å²) in [6.07, 6.45) is 0. The number of halogens is 3. The summed E-state index contributed by atoms with van der Waals surface area (Å²) in [4.78, 5) is 12.8. The van der Waals surface area contributed by atoms with Gasteiger partial charge in [-0.1, -0.05) is 44.2 Å². The molecule has 0 aliphatic rings. The molecular formula is C22H17I3O5S. The maximum Gasteiger partial charge on any atom is 0.344 e. The van der Waals surface area contributed by atoms with Crippen LogP contribution in [0.4, 0.5) is 0 Å². The van der Waals surface area contributed by atoms with E-state index in [1.54, 1.807) is 30.3 Å². The Balaban J connectivity index is 2.19. The van der Waals surface area contributed by atoms with Gasteiger partial charge in [0.25, 0.3) is 10.1 Å². The molecule has 0 radical (unpaired) electrons.